The fraction of sp³-hybridized carbons (Fsp3) is 0.500. The predicted octanol–water partition coefficient (Wildman–Crippen LogP) is 2.58. The molecule has 0 spiro atoms. The average molecular weight is 311 g/mol. The molecule has 1 aliphatic rings. The highest BCUT2D eigenvalue weighted by Crippen LogP contribution is 2.24. The van der Waals surface area contributed by atoms with Gasteiger partial charge in [0.05, 0.1) is 5.56 Å². The highest BCUT2D eigenvalue weighted by atomic mass is 79.9. The molecule has 0 aromatic heterocycles. The molecule has 1 unspecified atom stereocenters. The van der Waals surface area contributed by atoms with E-state index in [9.17, 15) is 4.79 Å². The molecule has 1 amide bonds. The molecule has 1 aliphatic heterocycles. The van der Waals surface area contributed by atoms with Crippen LogP contribution in [0.2, 0.25) is 0 Å². The third kappa shape index (κ3) is 2.75. The van der Waals surface area contributed by atoms with E-state index in [1.54, 1.807) is 0 Å². The Kier molecular flexibility index (Phi) is 4.40. The number of nitrogens with one attached hydrogen (secondary N) is 1. The van der Waals surface area contributed by atoms with Crippen molar-refractivity contribution in [2.45, 2.75) is 25.8 Å². The maximum Gasteiger partial charge on any atom is 0.255 e. The van der Waals surface area contributed by atoms with Crippen LogP contribution in [0.3, 0.4) is 0 Å². The summed E-state index contributed by atoms with van der Waals surface area (Å²) in [6.07, 6.45) is 2.19. The summed E-state index contributed by atoms with van der Waals surface area (Å²) in [5.41, 5.74) is 1.89. The van der Waals surface area contributed by atoms with Gasteiger partial charge < -0.3 is 10.2 Å². The number of rotatable bonds is 3. The Bertz CT molecular complexity index is 447. The largest absolute Gasteiger partial charge is 0.334 e. The van der Waals surface area contributed by atoms with Crippen LogP contribution in [0.15, 0.2) is 22.7 Å². The zero-order chi connectivity index (χ0) is 13.1. The fourth-order valence-electron chi connectivity index (χ4n) is 2.51. The van der Waals surface area contributed by atoms with E-state index in [1.807, 2.05) is 37.1 Å². The second kappa shape index (κ2) is 5.85. The molecule has 1 aromatic rings. The van der Waals surface area contributed by atoms with E-state index in [0.29, 0.717) is 6.04 Å². The van der Waals surface area contributed by atoms with Crippen LogP contribution >= 0.6 is 15.9 Å². The van der Waals surface area contributed by atoms with E-state index in [-0.39, 0.29) is 5.91 Å². The number of nitrogens with zero attached hydrogens (tertiary/aromatic N) is 1. The number of hydrogen-bond acceptors (Lipinski definition) is 2. The smallest absolute Gasteiger partial charge is 0.255 e. The van der Waals surface area contributed by atoms with Crippen LogP contribution in [0.4, 0.5) is 0 Å². The number of hydrogen-bond donors (Lipinski definition) is 1. The Balaban J connectivity index is 2.22. The summed E-state index contributed by atoms with van der Waals surface area (Å²) in [6, 6.07) is 6.25. The highest BCUT2D eigenvalue weighted by molar-refractivity contribution is 9.10. The SMILES string of the molecule is CNCC1CCCN1C(=O)c1cc(C)ccc1Br. The standard InChI is InChI=1S/C14H19BrN2O/c1-10-5-6-13(15)12(8-10)14(18)17-7-3-4-11(17)9-16-2/h5-6,8,11,16H,3-4,7,9H2,1-2H3. The molecule has 4 heteroatoms. The summed E-state index contributed by atoms with van der Waals surface area (Å²) in [7, 11) is 1.93. The third-order valence-electron chi connectivity index (χ3n) is 3.43. The van der Waals surface area contributed by atoms with E-state index >= 15 is 0 Å². The van der Waals surface area contributed by atoms with Crippen molar-refractivity contribution in [2.24, 2.45) is 0 Å². The molecule has 0 aliphatic carbocycles. The van der Waals surface area contributed by atoms with Gasteiger partial charge in [0.1, 0.15) is 0 Å². The monoisotopic (exact) mass is 310 g/mol. The lowest BCUT2D eigenvalue weighted by Crippen LogP contribution is -2.41. The molecule has 98 valence electrons. The van der Waals surface area contributed by atoms with Gasteiger partial charge in [0.15, 0.2) is 0 Å². The Labute approximate surface area is 117 Å². The van der Waals surface area contributed by atoms with E-state index in [4.69, 9.17) is 0 Å². The average Bonchev–Trinajstić information content (AvgIpc) is 2.80. The lowest BCUT2D eigenvalue weighted by atomic mass is 10.1. The van der Waals surface area contributed by atoms with Crippen molar-refractivity contribution in [1.82, 2.24) is 10.2 Å². The summed E-state index contributed by atoms with van der Waals surface area (Å²) in [5.74, 6) is 0.142. The molecule has 0 saturated carbocycles. The van der Waals surface area contributed by atoms with E-state index in [2.05, 4.69) is 21.2 Å². The minimum Gasteiger partial charge on any atom is -0.334 e. The Morgan fingerprint density at radius 3 is 3.06 bits per heavy atom. The van der Waals surface area contributed by atoms with Crippen LogP contribution in [0.1, 0.15) is 28.8 Å². The van der Waals surface area contributed by atoms with Crippen LogP contribution in [-0.2, 0) is 0 Å². The molecule has 1 saturated heterocycles. The molecule has 0 radical (unpaired) electrons. The lowest BCUT2D eigenvalue weighted by Gasteiger charge is -2.25. The van der Waals surface area contributed by atoms with Crippen molar-refractivity contribution in [2.75, 3.05) is 20.1 Å². The number of carbonyl (C=O) groups excluding carboxylic acids is 1. The topological polar surface area (TPSA) is 32.3 Å². The zero-order valence-electron chi connectivity index (χ0n) is 10.9. The predicted molar refractivity (Wildman–Crippen MR) is 76.9 cm³/mol. The van der Waals surface area contributed by atoms with Crippen molar-refractivity contribution >= 4 is 21.8 Å². The first-order chi connectivity index (χ1) is 8.63. The number of amides is 1. The lowest BCUT2D eigenvalue weighted by molar-refractivity contribution is 0.0736. The first-order valence-electron chi connectivity index (χ1n) is 6.35. The molecule has 1 aromatic carbocycles. The molecule has 18 heavy (non-hydrogen) atoms. The maximum atomic E-state index is 12.6. The summed E-state index contributed by atoms with van der Waals surface area (Å²) in [5, 5.41) is 3.17. The Hall–Kier alpha value is -0.870. The van der Waals surface area contributed by atoms with Crippen LogP contribution in [0.25, 0.3) is 0 Å². The third-order valence-corrected chi connectivity index (χ3v) is 4.12. The van der Waals surface area contributed by atoms with Gasteiger partial charge in [-0.1, -0.05) is 11.6 Å². The molecule has 1 atom stereocenters. The molecule has 1 heterocycles. The highest BCUT2D eigenvalue weighted by Gasteiger charge is 2.29. The number of benzene rings is 1. The van der Waals surface area contributed by atoms with E-state index < -0.39 is 0 Å². The minimum atomic E-state index is 0.142. The van der Waals surface area contributed by atoms with Gasteiger partial charge in [0.2, 0.25) is 0 Å². The van der Waals surface area contributed by atoms with Gasteiger partial charge in [-0.15, -0.1) is 0 Å². The van der Waals surface area contributed by atoms with Crippen molar-refractivity contribution in [3.05, 3.63) is 33.8 Å². The summed E-state index contributed by atoms with van der Waals surface area (Å²) < 4.78 is 0.883. The number of carbonyl (C=O) groups is 1. The van der Waals surface area contributed by atoms with Gasteiger partial charge in [-0.3, -0.25) is 4.79 Å². The first kappa shape index (κ1) is 13.6. The van der Waals surface area contributed by atoms with Crippen molar-refractivity contribution in [1.29, 1.82) is 0 Å². The molecule has 0 bridgehead atoms. The maximum absolute atomic E-state index is 12.6. The van der Waals surface area contributed by atoms with Crippen molar-refractivity contribution in [3.63, 3.8) is 0 Å². The fourth-order valence-corrected chi connectivity index (χ4v) is 2.92. The van der Waals surface area contributed by atoms with Crippen molar-refractivity contribution < 1.29 is 4.79 Å². The molecule has 3 nitrogen and oxygen atoms in total. The number of likely N-dealkylation sites (tertiary alicyclic amines) is 1. The molecular formula is C14H19BrN2O. The summed E-state index contributed by atoms with van der Waals surface area (Å²) >= 11 is 3.47. The van der Waals surface area contributed by atoms with Gasteiger partial charge in [0, 0.05) is 23.6 Å². The minimum absolute atomic E-state index is 0.142. The molecular weight excluding hydrogens is 292 g/mol. The van der Waals surface area contributed by atoms with Gasteiger partial charge in [0.25, 0.3) is 5.91 Å². The van der Waals surface area contributed by atoms with Gasteiger partial charge in [-0.25, -0.2) is 0 Å². The second-order valence-electron chi connectivity index (χ2n) is 4.84. The van der Waals surface area contributed by atoms with Gasteiger partial charge in [-0.05, 0) is 54.9 Å². The van der Waals surface area contributed by atoms with Gasteiger partial charge >= 0.3 is 0 Å². The van der Waals surface area contributed by atoms with E-state index in [1.165, 1.54) is 0 Å². The van der Waals surface area contributed by atoms with Crippen LogP contribution in [0, 0.1) is 6.92 Å². The molecule has 1 fully saturated rings. The number of likely N-dealkylation sites (N-methyl/N-ethyl adjacent to an activating group) is 1. The normalized spacial score (nSPS) is 19.3. The van der Waals surface area contributed by atoms with E-state index in [0.717, 1.165) is 41.5 Å². The molecule has 2 rings (SSSR count). The summed E-state index contributed by atoms with van der Waals surface area (Å²) in [6.45, 7) is 3.75. The first-order valence-corrected chi connectivity index (χ1v) is 7.14. The quantitative estimate of drug-likeness (QED) is 0.930. The van der Waals surface area contributed by atoms with Crippen LogP contribution in [-0.4, -0.2) is 37.0 Å². The van der Waals surface area contributed by atoms with Crippen LogP contribution in [0.5, 0.6) is 0 Å². The molecule has 1 N–H and O–H groups in total. The van der Waals surface area contributed by atoms with Gasteiger partial charge in [-0.2, -0.15) is 0 Å². The summed E-state index contributed by atoms with van der Waals surface area (Å²) in [4.78, 5) is 14.6. The Morgan fingerprint density at radius 1 is 1.56 bits per heavy atom. The zero-order valence-corrected chi connectivity index (χ0v) is 12.5. The van der Waals surface area contributed by atoms with Crippen molar-refractivity contribution in [3.8, 4) is 0 Å². The Morgan fingerprint density at radius 2 is 2.33 bits per heavy atom. The number of halogens is 1. The number of aryl methyl sites for hydroxylation is 1. The second-order valence-corrected chi connectivity index (χ2v) is 5.69. The van der Waals surface area contributed by atoms with Crippen LogP contribution < -0.4 is 5.32 Å².